The Bertz CT molecular complexity index is 1660. The summed E-state index contributed by atoms with van der Waals surface area (Å²) in [6.07, 6.45) is 0.928. The van der Waals surface area contributed by atoms with E-state index in [1.807, 2.05) is 65.2 Å². The molecule has 0 aliphatic heterocycles. The van der Waals surface area contributed by atoms with Gasteiger partial charge in [0.15, 0.2) is 11.0 Å². The predicted molar refractivity (Wildman–Crippen MR) is 177 cm³/mol. The topological polar surface area (TPSA) is 142 Å². The van der Waals surface area contributed by atoms with Gasteiger partial charge in [-0.05, 0) is 50.8 Å². The van der Waals surface area contributed by atoms with Gasteiger partial charge in [0.25, 0.3) is 0 Å². The Balaban J connectivity index is 1.51. The highest BCUT2D eigenvalue weighted by Gasteiger charge is 2.29. The van der Waals surface area contributed by atoms with Crippen LogP contribution in [0.5, 0.6) is 0 Å². The number of anilines is 1. The van der Waals surface area contributed by atoms with Crippen molar-refractivity contribution in [3.8, 4) is 0 Å². The van der Waals surface area contributed by atoms with E-state index in [1.165, 1.54) is 11.8 Å². The van der Waals surface area contributed by atoms with Crippen molar-refractivity contribution < 1.29 is 28.7 Å². The zero-order chi connectivity index (χ0) is 33.1. The van der Waals surface area contributed by atoms with Crippen LogP contribution < -0.4 is 10.6 Å². The van der Waals surface area contributed by atoms with Gasteiger partial charge in [0, 0.05) is 6.54 Å². The molecule has 4 rings (SSSR count). The maximum atomic E-state index is 13.4. The third-order valence-corrected chi connectivity index (χ3v) is 9.15. The quantitative estimate of drug-likeness (QED) is 0.129. The average molecular weight is 664 g/mol. The maximum Gasteiger partial charge on any atom is 0.348 e. The highest BCUT2D eigenvalue weighted by molar-refractivity contribution is 8.00. The fourth-order valence-electron chi connectivity index (χ4n) is 4.54. The van der Waals surface area contributed by atoms with Gasteiger partial charge in [0.05, 0.1) is 37.0 Å². The van der Waals surface area contributed by atoms with Gasteiger partial charge in [0.2, 0.25) is 11.8 Å². The van der Waals surface area contributed by atoms with Crippen LogP contribution in [0.4, 0.5) is 5.00 Å². The van der Waals surface area contributed by atoms with Crippen molar-refractivity contribution in [3.63, 3.8) is 0 Å². The molecule has 0 aliphatic rings. The van der Waals surface area contributed by atoms with E-state index in [0.717, 1.165) is 22.5 Å². The third kappa shape index (κ3) is 9.04. The molecule has 242 valence electrons. The van der Waals surface area contributed by atoms with Crippen LogP contribution in [-0.2, 0) is 45.0 Å². The van der Waals surface area contributed by atoms with Crippen LogP contribution in [0.2, 0.25) is 0 Å². The fraction of sp³-hybridized carbons (Fsp3) is 0.333. The molecule has 0 saturated heterocycles. The molecule has 2 aromatic carbocycles. The number of esters is 2. The Kier molecular flexibility index (Phi) is 12.5. The molecule has 0 spiro atoms. The van der Waals surface area contributed by atoms with Gasteiger partial charge < -0.3 is 24.7 Å². The summed E-state index contributed by atoms with van der Waals surface area (Å²) in [4.78, 5) is 51.7. The second-order valence-corrected chi connectivity index (χ2v) is 12.5. The SMILES string of the molecule is CCOC(=O)c1sc(NC(=O)[C@H](C)Sc2nnc(CNC(=O)Cc3ccccc3)n2CCc2ccccc2)c(C(=O)OCC)c1C. The monoisotopic (exact) mass is 663 g/mol. The van der Waals surface area contributed by atoms with Crippen LogP contribution in [-0.4, -0.2) is 57.0 Å². The van der Waals surface area contributed by atoms with Crippen LogP contribution >= 0.6 is 23.1 Å². The molecule has 2 aromatic heterocycles. The number of nitrogens with zero attached hydrogens (tertiary/aromatic N) is 3. The summed E-state index contributed by atoms with van der Waals surface area (Å²) >= 11 is 2.17. The molecule has 11 nitrogen and oxygen atoms in total. The number of hydrogen-bond acceptors (Lipinski definition) is 10. The first kappa shape index (κ1) is 34.4. The molecule has 13 heteroatoms. The molecule has 4 aromatic rings. The molecule has 2 N–H and O–H groups in total. The van der Waals surface area contributed by atoms with Crippen molar-refractivity contribution in [2.24, 2.45) is 0 Å². The first-order chi connectivity index (χ1) is 22.2. The highest BCUT2D eigenvalue weighted by Crippen LogP contribution is 2.35. The van der Waals surface area contributed by atoms with E-state index in [-0.39, 0.29) is 47.5 Å². The number of carbonyl (C=O) groups excluding carboxylic acids is 4. The summed E-state index contributed by atoms with van der Waals surface area (Å²) in [6, 6.07) is 19.4. The Morgan fingerprint density at radius 1 is 0.913 bits per heavy atom. The number of aryl methyl sites for hydroxylation is 1. The molecule has 0 radical (unpaired) electrons. The molecule has 0 aliphatic carbocycles. The molecule has 46 heavy (non-hydrogen) atoms. The number of amides is 2. The average Bonchev–Trinajstić information content (AvgIpc) is 3.59. The predicted octanol–water partition coefficient (Wildman–Crippen LogP) is 5.22. The summed E-state index contributed by atoms with van der Waals surface area (Å²) < 4.78 is 12.2. The van der Waals surface area contributed by atoms with E-state index >= 15 is 0 Å². The Labute approximate surface area is 276 Å². The van der Waals surface area contributed by atoms with E-state index in [4.69, 9.17) is 9.47 Å². The number of carbonyl (C=O) groups is 4. The minimum Gasteiger partial charge on any atom is -0.462 e. The van der Waals surface area contributed by atoms with Crippen LogP contribution in [0, 0.1) is 6.92 Å². The Morgan fingerprint density at radius 2 is 1.54 bits per heavy atom. The molecule has 0 saturated carbocycles. The van der Waals surface area contributed by atoms with Gasteiger partial charge in [-0.25, -0.2) is 9.59 Å². The number of hydrogen-bond donors (Lipinski definition) is 2. The second-order valence-electron chi connectivity index (χ2n) is 10.2. The zero-order valence-corrected chi connectivity index (χ0v) is 27.8. The van der Waals surface area contributed by atoms with Crippen molar-refractivity contribution >= 4 is 51.9 Å². The summed E-state index contributed by atoms with van der Waals surface area (Å²) in [5.74, 6) is -1.19. The number of ether oxygens (including phenoxy) is 2. The summed E-state index contributed by atoms with van der Waals surface area (Å²) in [5, 5.41) is 14.5. The molecule has 1 atom stereocenters. The largest absolute Gasteiger partial charge is 0.462 e. The van der Waals surface area contributed by atoms with Crippen molar-refractivity contribution in [1.29, 1.82) is 0 Å². The smallest absolute Gasteiger partial charge is 0.348 e. The molecule has 2 heterocycles. The molecular weight excluding hydrogens is 627 g/mol. The van der Waals surface area contributed by atoms with Crippen molar-refractivity contribution in [2.75, 3.05) is 18.5 Å². The molecule has 0 unspecified atom stereocenters. The van der Waals surface area contributed by atoms with Gasteiger partial charge in [-0.3, -0.25) is 9.59 Å². The third-order valence-electron chi connectivity index (χ3n) is 6.89. The van der Waals surface area contributed by atoms with Crippen molar-refractivity contribution in [2.45, 2.75) is 64.0 Å². The lowest BCUT2D eigenvalue weighted by Gasteiger charge is -2.14. The molecular formula is C33H37N5O6S2. The Morgan fingerprint density at radius 3 is 2.20 bits per heavy atom. The first-order valence-corrected chi connectivity index (χ1v) is 16.6. The lowest BCUT2D eigenvalue weighted by Crippen LogP contribution is -2.27. The van der Waals surface area contributed by atoms with Gasteiger partial charge in [-0.2, -0.15) is 0 Å². The van der Waals surface area contributed by atoms with Crippen LogP contribution in [0.25, 0.3) is 0 Å². The number of nitrogens with one attached hydrogen (secondary N) is 2. The summed E-state index contributed by atoms with van der Waals surface area (Å²) in [5.41, 5.74) is 2.54. The number of rotatable bonds is 15. The van der Waals surface area contributed by atoms with Gasteiger partial charge >= 0.3 is 11.9 Å². The number of thioether (sulfide) groups is 1. The van der Waals surface area contributed by atoms with E-state index < -0.39 is 23.1 Å². The lowest BCUT2D eigenvalue weighted by molar-refractivity contribution is -0.120. The minimum atomic E-state index is -0.663. The second kappa shape index (κ2) is 16.7. The standard InChI is InChI=1S/C33H37N5O6S2/c1-5-43-31(41)27-21(3)28(32(42)44-6-2)46-30(27)35-29(40)22(4)45-33-37-36-25(38(33)18-17-23-13-9-7-10-14-23)20-34-26(39)19-24-15-11-8-12-16-24/h7-16,22H,5-6,17-20H2,1-4H3,(H,34,39)(H,35,40)/t22-/m0/s1. The van der Waals surface area contributed by atoms with E-state index in [2.05, 4.69) is 20.8 Å². The lowest BCUT2D eigenvalue weighted by atomic mass is 10.1. The number of benzene rings is 2. The highest BCUT2D eigenvalue weighted by atomic mass is 32.2. The van der Waals surface area contributed by atoms with Crippen LogP contribution in [0.15, 0.2) is 65.8 Å². The van der Waals surface area contributed by atoms with Crippen LogP contribution in [0.3, 0.4) is 0 Å². The normalized spacial score (nSPS) is 11.5. The maximum absolute atomic E-state index is 13.4. The number of thiophene rings is 1. The van der Waals surface area contributed by atoms with E-state index in [0.29, 0.717) is 29.5 Å². The van der Waals surface area contributed by atoms with Crippen LogP contribution in [0.1, 0.15) is 63.3 Å². The van der Waals surface area contributed by atoms with Gasteiger partial charge in [0.1, 0.15) is 9.88 Å². The number of aromatic nitrogens is 3. The summed E-state index contributed by atoms with van der Waals surface area (Å²) in [6.45, 7) is 7.71. The van der Waals surface area contributed by atoms with Gasteiger partial charge in [-0.15, -0.1) is 21.5 Å². The van der Waals surface area contributed by atoms with Crippen molar-refractivity contribution in [3.05, 3.63) is 93.6 Å². The molecule has 0 bridgehead atoms. The van der Waals surface area contributed by atoms with E-state index in [1.54, 1.807) is 27.7 Å². The van der Waals surface area contributed by atoms with E-state index in [9.17, 15) is 19.2 Å². The minimum absolute atomic E-state index is 0.125. The first-order valence-electron chi connectivity index (χ1n) is 14.9. The Hall–Kier alpha value is -4.49. The fourth-order valence-corrected chi connectivity index (χ4v) is 6.52. The van der Waals surface area contributed by atoms with Crippen molar-refractivity contribution in [1.82, 2.24) is 20.1 Å². The molecule has 0 fully saturated rings. The summed E-state index contributed by atoms with van der Waals surface area (Å²) in [7, 11) is 0. The molecule has 2 amide bonds. The zero-order valence-electron chi connectivity index (χ0n) is 26.2. The van der Waals surface area contributed by atoms with Gasteiger partial charge in [-0.1, -0.05) is 72.4 Å².